The SMILES string of the molecule is CCOc1ccc([C@@H]2CCCN2C(=O)C2CCN(S(=O)(=O)c3ccc(Cl)cc3)CC2)cc1. The van der Waals surface area contributed by atoms with Gasteiger partial charge >= 0.3 is 0 Å². The highest BCUT2D eigenvalue weighted by atomic mass is 35.5. The van der Waals surface area contributed by atoms with Crippen LogP contribution in [0.3, 0.4) is 0 Å². The zero-order valence-electron chi connectivity index (χ0n) is 18.2. The van der Waals surface area contributed by atoms with Gasteiger partial charge in [-0.3, -0.25) is 4.79 Å². The van der Waals surface area contributed by atoms with Gasteiger partial charge in [0.25, 0.3) is 0 Å². The fourth-order valence-corrected chi connectivity index (χ4v) is 6.26. The molecule has 8 heteroatoms. The van der Waals surface area contributed by atoms with Crippen molar-refractivity contribution in [1.82, 2.24) is 9.21 Å². The molecule has 1 atom stereocenters. The van der Waals surface area contributed by atoms with Crippen LogP contribution in [0.1, 0.15) is 44.2 Å². The molecule has 2 fully saturated rings. The summed E-state index contributed by atoms with van der Waals surface area (Å²) in [4.78, 5) is 15.6. The number of amides is 1. The van der Waals surface area contributed by atoms with Gasteiger partial charge in [0.05, 0.1) is 17.5 Å². The molecule has 2 aliphatic heterocycles. The van der Waals surface area contributed by atoms with E-state index in [1.807, 2.05) is 36.1 Å². The summed E-state index contributed by atoms with van der Waals surface area (Å²) in [5.41, 5.74) is 1.13. The van der Waals surface area contributed by atoms with Crippen LogP contribution < -0.4 is 4.74 Å². The van der Waals surface area contributed by atoms with Gasteiger partial charge in [0.2, 0.25) is 15.9 Å². The van der Waals surface area contributed by atoms with Crippen LogP contribution in [0.2, 0.25) is 5.02 Å². The van der Waals surface area contributed by atoms with E-state index in [0.29, 0.717) is 37.6 Å². The Morgan fingerprint density at radius 2 is 1.66 bits per heavy atom. The third-order valence-electron chi connectivity index (χ3n) is 6.37. The van der Waals surface area contributed by atoms with E-state index in [4.69, 9.17) is 16.3 Å². The number of hydrogen-bond acceptors (Lipinski definition) is 4. The average Bonchev–Trinajstić information content (AvgIpc) is 3.30. The maximum absolute atomic E-state index is 13.3. The third-order valence-corrected chi connectivity index (χ3v) is 8.53. The molecule has 2 aromatic carbocycles. The van der Waals surface area contributed by atoms with Gasteiger partial charge < -0.3 is 9.64 Å². The molecule has 1 amide bonds. The molecule has 2 saturated heterocycles. The summed E-state index contributed by atoms with van der Waals surface area (Å²) >= 11 is 5.88. The summed E-state index contributed by atoms with van der Waals surface area (Å²) in [5, 5.41) is 0.501. The second-order valence-corrected chi connectivity index (χ2v) is 10.7. The number of benzene rings is 2. The first-order valence-electron chi connectivity index (χ1n) is 11.2. The Labute approximate surface area is 195 Å². The number of nitrogens with zero attached hydrogens (tertiary/aromatic N) is 2. The summed E-state index contributed by atoms with van der Waals surface area (Å²) in [5.74, 6) is 0.835. The van der Waals surface area contributed by atoms with Crippen LogP contribution >= 0.6 is 11.6 Å². The predicted molar refractivity (Wildman–Crippen MR) is 124 cm³/mol. The lowest BCUT2D eigenvalue weighted by molar-refractivity contribution is -0.137. The summed E-state index contributed by atoms with van der Waals surface area (Å²) in [7, 11) is -3.57. The van der Waals surface area contributed by atoms with Gasteiger partial charge in [-0.1, -0.05) is 23.7 Å². The van der Waals surface area contributed by atoms with Crippen molar-refractivity contribution in [1.29, 1.82) is 0 Å². The van der Waals surface area contributed by atoms with Gasteiger partial charge in [-0.25, -0.2) is 8.42 Å². The van der Waals surface area contributed by atoms with Crippen LogP contribution in [-0.4, -0.2) is 49.8 Å². The Morgan fingerprint density at radius 3 is 2.28 bits per heavy atom. The lowest BCUT2D eigenvalue weighted by atomic mass is 9.95. The summed E-state index contributed by atoms with van der Waals surface area (Å²) in [6.07, 6.45) is 3.01. The van der Waals surface area contributed by atoms with Gasteiger partial charge in [-0.05, 0) is 74.6 Å². The van der Waals surface area contributed by atoms with Crippen molar-refractivity contribution in [2.75, 3.05) is 26.2 Å². The molecule has 172 valence electrons. The van der Waals surface area contributed by atoms with Crippen LogP contribution in [0.5, 0.6) is 5.75 Å². The van der Waals surface area contributed by atoms with Crippen LogP contribution in [-0.2, 0) is 14.8 Å². The first-order chi connectivity index (χ1) is 15.4. The van der Waals surface area contributed by atoms with Gasteiger partial charge in [0.1, 0.15) is 5.75 Å². The average molecular weight is 477 g/mol. The maximum Gasteiger partial charge on any atom is 0.243 e. The Balaban J connectivity index is 1.39. The Kier molecular flexibility index (Phi) is 7.08. The predicted octanol–water partition coefficient (Wildman–Crippen LogP) is 4.50. The number of piperidine rings is 1. The van der Waals surface area contributed by atoms with E-state index >= 15 is 0 Å². The Morgan fingerprint density at radius 1 is 1.00 bits per heavy atom. The van der Waals surface area contributed by atoms with E-state index in [-0.39, 0.29) is 22.8 Å². The van der Waals surface area contributed by atoms with Crippen LogP contribution in [0.4, 0.5) is 0 Å². The first kappa shape index (κ1) is 23.1. The molecule has 0 bridgehead atoms. The number of hydrogen-bond donors (Lipinski definition) is 0. The smallest absolute Gasteiger partial charge is 0.243 e. The van der Waals surface area contributed by atoms with Crippen molar-refractivity contribution in [2.45, 2.75) is 43.5 Å². The van der Waals surface area contributed by atoms with Crippen molar-refractivity contribution in [2.24, 2.45) is 5.92 Å². The van der Waals surface area contributed by atoms with E-state index in [1.165, 1.54) is 16.4 Å². The number of sulfonamides is 1. The molecular formula is C24H29ClN2O4S. The molecular weight excluding hydrogens is 448 g/mol. The summed E-state index contributed by atoms with van der Waals surface area (Å²) in [6, 6.07) is 14.3. The molecule has 0 saturated carbocycles. The quantitative estimate of drug-likeness (QED) is 0.615. The highest BCUT2D eigenvalue weighted by Crippen LogP contribution is 2.36. The van der Waals surface area contributed by atoms with Gasteiger partial charge in [0, 0.05) is 30.6 Å². The molecule has 32 heavy (non-hydrogen) atoms. The monoisotopic (exact) mass is 476 g/mol. The topological polar surface area (TPSA) is 66.9 Å². The highest BCUT2D eigenvalue weighted by molar-refractivity contribution is 7.89. The second-order valence-electron chi connectivity index (χ2n) is 8.32. The lowest BCUT2D eigenvalue weighted by Crippen LogP contribution is -2.44. The highest BCUT2D eigenvalue weighted by Gasteiger charge is 2.37. The van der Waals surface area contributed by atoms with Crippen molar-refractivity contribution < 1.29 is 17.9 Å². The maximum atomic E-state index is 13.3. The molecule has 0 spiro atoms. The molecule has 4 rings (SSSR count). The van der Waals surface area contributed by atoms with E-state index in [0.717, 1.165) is 30.7 Å². The number of ether oxygens (including phenoxy) is 1. The normalized spacial score (nSPS) is 20.4. The largest absolute Gasteiger partial charge is 0.494 e. The summed E-state index contributed by atoms with van der Waals surface area (Å²) < 4.78 is 32.8. The minimum absolute atomic E-state index is 0.0778. The molecule has 6 nitrogen and oxygen atoms in total. The zero-order chi connectivity index (χ0) is 22.7. The molecule has 0 radical (unpaired) electrons. The molecule has 2 heterocycles. The van der Waals surface area contributed by atoms with Crippen molar-refractivity contribution in [3.05, 3.63) is 59.1 Å². The number of rotatable bonds is 6. The molecule has 0 aliphatic carbocycles. The van der Waals surface area contributed by atoms with Crippen molar-refractivity contribution in [3.8, 4) is 5.75 Å². The Hall–Kier alpha value is -2.09. The minimum atomic E-state index is -3.57. The molecule has 0 N–H and O–H groups in total. The van der Waals surface area contributed by atoms with Gasteiger partial charge in [-0.15, -0.1) is 0 Å². The zero-order valence-corrected chi connectivity index (χ0v) is 19.8. The number of carbonyl (C=O) groups excluding carboxylic acids is 1. The molecule has 2 aromatic rings. The third kappa shape index (κ3) is 4.80. The van der Waals surface area contributed by atoms with Crippen molar-refractivity contribution in [3.63, 3.8) is 0 Å². The van der Waals surface area contributed by atoms with E-state index in [1.54, 1.807) is 12.1 Å². The number of likely N-dealkylation sites (tertiary alicyclic amines) is 1. The van der Waals surface area contributed by atoms with E-state index < -0.39 is 10.0 Å². The van der Waals surface area contributed by atoms with Crippen LogP contribution in [0.15, 0.2) is 53.4 Å². The van der Waals surface area contributed by atoms with E-state index in [9.17, 15) is 13.2 Å². The molecule has 2 aliphatic rings. The molecule has 0 unspecified atom stereocenters. The number of carbonyl (C=O) groups is 1. The van der Waals surface area contributed by atoms with Gasteiger partial charge in [-0.2, -0.15) is 4.31 Å². The standard InChI is InChI=1S/C24H29ClN2O4S/c1-2-31-21-9-5-18(6-10-21)23-4-3-15-27(23)24(28)19-13-16-26(17-14-19)32(29,30)22-11-7-20(25)8-12-22/h5-12,19,23H,2-4,13-17H2,1H3/t23-/m0/s1. The van der Waals surface area contributed by atoms with Crippen molar-refractivity contribution >= 4 is 27.5 Å². The number of halogens is 1. The van der Waals surface area contributed by atoms with Gasteiger partial charge in [0.15, 0.2) is 0 Å². The second kappa shape index (κ2) is 9.81. The fourth-order valence-electron chi connectivity index (χ4n) is 4.66. The summed E-state index contributed by atoms with van der Waals surface area (Å²) in [6.45, 7) is 4.03. The minimum Gasteiger partial charge on any atom is -0.494 e. The first-order valence-corrected chi connectivity index (χ1v) is 13.0. The Bertz CT molecular complexity index is 1030. The van der Waals surface area contributed by atoms with Crippen LogP contribution in [0.25, 0.3) is 0 Å². The molecule has 0 aromatic heterocycles. The van der Waals surface area contributed by atoms with E-state index in [2.05, 4.69) is 0 Å². The van der Waals surface area contributed by atoms with Crippen LogP contribution in [0, 0.1) is 5.92 Å². The lowest BCUT2D eigenvalue weighted by Gasteiger charge is -2.34. The fraction of sp³-hybridized carbons (Fsp3) is 0.458.